The largest absolute Gasteiger partial charge is 0.417 e. The van der Waals surface area contributed by atoms with Gasteiger partial charge in [0, 0.05) is 30.4 Å². The molecule has 16 heavy (non-hydrogen) atoms. The summed E-state index contributed by atoms with van der Waals surface area (Å²) in [4.78, 5) is 3.50. The molecule has 0 fully saturated rings. The van der Waals surface area contributed by atoms with Crippen LogP contribution < -0.4 is 5.73 Å². The van der Waals surface area contributed by atoms with E-state index in [2.05, 4.69) is 16.8 Å². The van der Waals surface area contributed by atoms with Gasteiger partial charge in [-0.2, -0.15) is 13.2 Å². The molecule has 0 aromatic carbocycles. The maximum Gasteiger partial charge on any atom is 0.417 e. The van der Waals surface area contributed by atoms with E-state index >= 15 is 0 Å². The first-order chi connectivity index (χ1) is 7.39. The summed E-state index contributed by atoms with van der Waals surface area (Å²) in [7, 11) is 0. The zero-order valence-corrected chi connectivity index (χ0v) is 8.67. The van der Waals surface area contributed by atoms with E-state index in [9.17, 15) is 13.2 Å². The monoisotopic (exact) mass is 228 g/mol. The van der Waals surface area contributed by atoms with Gasteiger partial charge in [0.05, 0.1) is 5.56 Å². The zero-order valence-electron chi connectivity index (χ0n) is 8.67. The zero-order chi connectivity index (χ0) is 12.2. The van der Waals surface area contributed by atoms with Crippen molar-refractivity contribution in [1.29, 1.82) is 0 Å². The molecule has 1 aromatic heterocycles. The molecule has 0 amide bonds. The molecule has 0 aliphatic rings. The summed E-state index contributed by atoms with van der Waals surface area (Å²) in [6.45, 7) is 1.78. The minimum Gasteiger partial charge on any atom is -0.327 e. The highest BCUT2D eigenvalue weighted by Gasteiger charge is 2.30. The van der Waals surface area contributed by atoms with Gasteiger partial charge >= 0.3 is 6.18 Å². The van der Waals surface area contributed by atoms with Crippen molar-refractivity contribution in [3.8, 4) is 11.8 Å². The third-order valence-electron chi connectivity index (χ3n) is 1.72. The second-order valence-electron chi connectivity index (χ2n) is 3.44. The Morgan fingerprint density at radius 1 is 1.44 bits per heavy atom. The highest BCUT2D eigenvalue weighted by Crippen LogP contribution is 2.28. The molecule has 0 saturated carbocycles. The average molecular weight is 228 g/mol. The number of rotatable bonds is 1. The number of halogens is 3. The molecule has 0 saturated heterocycles. The fraction of sp³-hybridized carbons (Fsp3) is 0.364. The SMILES string of the molecule is C[C@H](N)CC#Cc1cncc(C(F)(F)F)c1. The van der Waals surface area contributed by atoms with E-state index in [4.69, 9.17) is 5.73 Å². The van der Waals surface area contributed by atoms with E-state index in [0.29, 0.717) is 6.42 Å². The van der Waals surface area contributed by atoms with Gasteiger partial charge in [-0.3, -0.25) is 4.98 Å². The lowest BCUT2D eigenvalue weighted by Gasteiger charge is -2.05. The Labute approximate surface area is 91.7 Å². The predicted molar refractivity (Wildman–Crippen MR) is 54.4 cm³/mol. The van der Waals surface area contributed by atoms with Crippen LogP contribution in [0.25, 0.3) is 0 Å². The number of hydrogen-bond acceptors (Lipinski definition) is 2. The lowest BCUT2D eigenvalue weighted by Crippen LogP contribution is -2.12. The third kappa shape index (κ3) is 3.91. The average Bonchev–Trinajstić information content (AvgIpc) is 2.16. The molecule has 0 aliphatic heterocycles. The van der Waals surface area contributed by atoms with E-state index in [1.807, 2.05) is 0 Å². The Balaban J connectivity index is 2.86. The van der Waals surface area contributed by atoms with Gasteiger partial charge in [-0.25, -0.2) is 0 Å². The van der Waals surface area contributed by atoms with E-state index in [1.54, 1.807) is 6.92 Å². The minimum absolute atomic E-state index is 0.0914. The molecule has 1 heterocycles. The number of aromatic nitrogens is 1. The quantitative estimate of drug-likeness (QED) is 0.748. The van der Waals surface area contributed by atoms with Crippen molar-refractivity contribution in [2.24, 2.45) is 5.73 Å². The molecule has 2 N–H and O–H groups in total. The first-order valence-electron chi connectivity index (χ1n) is 4.66. The molecule has 0 unspecified atom stereocenters. The van der Waals surface area contributed by atoms with Crippen molar-refractivity contribution in [1.82, 2.24) is 4.98 Å². The summed E-state index contributed by atoms with van der Waals surface area (Å²) in [5.41, 5.74) is 4.91. The van der Waals surface area contributed by atoms with Crippen molar-refractivity contribution in [3.63, 3.8) is 0 Å². The molecule has 1 rings (SSSR count). The minimum atomic E-state index is -4.38. The van der Waals surface area contributed by atoms with Gasteiger partial charge in [-0.05, 0) is 13.0 Å². The molecule has 1 atom stereocenters. The highest BCUT2D eigenvalue weighted by molar-refractivity contribution is 5.35. The summed E-state index contributed by atoms with van der Waals surface area (Å²) in [5, 5.41) is 0. The maximum atomic E-state index is 12.3. The van der Waals surface area contributed by atoms with Gasteiger partial charge in [0.2, 0.25) is 0 Å². The first-order valence-corrected chi connectivity index (χ1v) is 4.66. The summed E-state index contributed by atoms with van der Waals surface area (Å²) in [6, 6.07) is 0.882. The van der Waals surface area contributed by atoms with Crippen molar-refractivity contribution in [3.05, 3.63) is 29.6 Å². The van der Waals surface area contributed by atoms with Crippen LogP contribution >= 0.6 is 0 Å². The molecular formula is C11H11F3N2. The number of pyridine rings is 1. The van der Waals surface area contributed by atoms with Gasteiger partial charge in [0.15, 0.2) is 0 Å². The summed E-state index contributed by atoms with van der Waals surface area (Å²) < 4.78 is 36.9. The molecule has 0 spiro atoms. The Morgan fingerprint density at radius 3 is 2.69 bits per heavy atom. The van der Waals surface area contributed by atoms with Gasteiger partial charge < -0.3 is 5.73 Å². The predicted octanol–water partition coefficient (Wildman–Crippen LogP) is 2.19. The van der Waals surface area contributed by atoms with Crippen LogP contribution in [0.5, 0.6) is 0 Å². The van der Waals surface area contributed by atoms with Crippen molar-refractivity contribution in [2.45, 2.75) is 25.6 Å². The lowest BCUT2D eigenvalue weighted by molar-refractivity contribution is -0.137. The highest BCUT2D eigenvalue weighted by atomic mass is 19.4. The Morgan fingerprint density at radius 2 is 2.12 bits per heavy atom. The van der Waals surface area contributed by atoms with Crippen LogP contribution in [-0.2, 0) is 6.18 Å². The second kappa shape index (κ2) is 4.99. The topological polar surface area (TPSA) is 38.9 Å². The van der Waals surface area contributed by atoms with E-state index < -0.39 is 11.7 Å². The van der Waals surface area contributed by atoms with Crippen molar-refractivity contribution >= 4 is 0 Å². The van der Waals surface area contributed by atoms with Crippen LogP contribution in [-0.4, -0.2) is 11.0 Å². The molecule has 0 radical (unpaired) electrons. The molecule has 2 nitrogen and oxygen atoms in total. The van der Waals surface area contributed by atoms with Crippen molar-refractivity contribution < 1.29 is 13.2 Å². The van der Waals surface area contributed by atoms with Crippen molar-refractivity contribution in [2.75, 3.05) is 0 Å². The molecule has 0 aliphatic carbocycles. The van der Waals surface area contributed by atoms with Crippen LogP contribution in [0, 0.1) is 11.8 Å². The van der Waals surface area contributed by atoms with Crippen LogP contribution in [0.4, 0.5) is 13.2 Å². The van der Waals surface area contributed by atoms with Crippen LogP contribution in [0.2, 0.25) is 0 Å². The van der Waals surface area contributed by atoms with E-state index in [-0.39, 0.29) is 11.6 Å². The standard InChI is InChI=1S/C11H11F3N2/c1-8(15)3-2-4-9-5-10(7-16-6-9)11(12,13)14/h5-8H,3,15H2,1H3/t8-/m0/s1. The second-order valence-corrected chi connectivity index (χ2v) is 3.44. The number of hydrogen-bond donors (Lipinski definition) is 1. The summed E-state index contributed by atoms with van der Waals surface area (Å²) in [6.07, 6.45) is -1.87. The molecular weight excluding hydrogens is 217 g/mol. The summed E-state index contributed by atoms with van der Waals surface area (Å²) in [5.74, 6) is 5.29. The Hall–Kier alpha value is -1.54. The number of nitrogens with zero attached hydrogens (tertiary/aromatic N) is 1. The molecule has 5 heteroatoms. The Bertz CT molecular complexity index is 413. The fourth-order valence-corrected chi connectivity index (χ4v) is 0.977. The van der Waals surface area contributed by atoms with Gasteiger partial charge in [0.1, 0.15) is 0 Å². The van der Waals surface area contributed by atoms with Crippen LogP contribution in [0.1, 0.15) is 24.5 Å². The van der Waals surface area contributed by atoms with Crippen LogP contribution in [0.3, 0.4) is 0 Å². The van der Waals surface area contributed by atoms with Gasteiger partial charge in [-0.15, -0.1) is 0 Å². The first kappa shape index (κ1) is 12.5. The smallest absolute Gasteiger partial charge is 0.327 e. The number of alkyl halides is 3. The van der Waals surface area contributed by atoms with Gasteiger partial charge in [0.25, 0.3) is 0 Å². The van der Waals surface area contributed by atoms with Gasteiger partial charge in [-0.1, -0.05) is 11.8 Å². The third-order valence-corrected chi connectivity index (χ3v) is 1.72. The van der Waals surface area contributed by atoms with Crippen LogP contribution in [0.15, 0.2) is 18.5 Å². The normalized spacial score (nSPS) is 12.8. The lowest BCUT2D eigenvalue weighted by atomic mass is 10.2. The fourth-order valence-electron chi connectivity index (χ4n) is 0.977. The van der Waals surface area contributed by atoms with E-state index in [0.717, 1.165) is 12.3 Å². The Kier molecular flexibility index (Phi) is 3.91. The summed E-state index contributed by atoms with van der Waals surface area (Å²) >= 11 is 0. The molecule has 1 aromatic rings. The maximum absolute atomic E-state index is 12.3. The molecule has 0 bridgehead atoms. The van der Waals surface area contributed by atoms with E-state index in [1.165, 1.54) is 6.20 Å². The molecule has 86 valence electrons. The number of nitrogens with two attached hydrogens (primary N) is 1.